The van der Waals surface area contributed by atoms with Gasteiger partial charge in [-0.1, -0.05) is 24.3 Å². The number of nitrogens with zero attached hydrogens (tertiary/aromatic N) is 2. The van der Waals surface area contributed by atoms with Crippen molar-refractivity contribution < 1.29 is 22.0 Å². The van der Waals surface area contributed by atoms with E-state index in [1.165, 1.54) is 18.2 Å². The monoisotopic (exact) mass is 378 g/mol. The average Bonchev–Trinajstić information content (AvgIpc) is 2.95. The Bertz CT molecular complexity index is 916. The van der Waals surface area contributed by atoms with Gasteiger partial charge in [-0.15, -0.1) is 0 Å². The summed E-state index contributed by atoms with van der Waals surface area (Å²) in [6.07, 6.45) is -4.34. The first-order valence-corrected chi connectivity index (χ1v) is 8.30. The first-order chi connectivity index (χ1) is 12.7. The van der Waals surface area contributed by atoms with Crippen molar-refractivity contribution in [2.45, 2.75) is 26.2 Å². The number of oxazole rings is 1. The third-order valence-corrected chi connectivity index (χ3v) is 4.15. The molecule has 0 atom stereocenters. The summed E-state index contributed by atoms with van der Waals surface area (Å²) < 4.78 is 57.4. The number of benzene rings is 2. The van der Waals surface area contributed by atoms with Crippen molar-refractivity contribution in [1.29, 1.82) is 0 Å². The van der Waals surface area contributed by atoms with E-state index in [1.54, 1.807) is 25.1 Å². The van der Waals surface area contributed by atoms with Gasteiger partial charge in [0.1, 0.15) is 11.6 Å². The second kappa shape index (κ2) is 7.52. The van der Waals surface area contributed by atoms with Gasteiger partial charge >= 0.3 is 6.18 Å². The predicted octanol–water partition coefficient (Wildman–Crippen LogP) is 5.44. The fourth-order valence-corrected chi connectivity index (χ4v) is 2.75. The predicted molar refractivity (Wildman–Crippen MR) is 93.2 cm³/mol. The van der Waals surface area contributed by atoms with E-state index in [0.717, 1.165) is 17.7 Å². The SMILES string of the molecule is Cc1oc(-c2ccccc2F)nc1CN(C)Cc1ccc(C(F)(F)F)cc1. The number of rotatable bonds is 5. The number of hydrogen-bond donors (Lipinski definition) is 0. The number of aromatic nitrogens is 1. The molecule has 3 rings (SSSR count). The molecule has 7 heteroatoms. The number of aryl methyl sites for hydroxylation is 1. The van der Waals surface area contributed by atoms with E-state index in [2.05, 4.69) is 4.98 Å². The Morgan fingerprint density at radius 3 is 2.30 bits per heavy atom. The molecule has 3 aromatic rings. The number of hydrogen-bond acceptors (Lipinski definition) is 3. The van der Waals surface area contributed by atoms with Gasteiger partial charge in [0.15, 0.2) is 0 Å². The smallest absolute Gasteiger partial charge is 0.416 e. The van der Waals surface area contributed by atoms with Crippen LogP contribution in [0.15, 0.2) is 52.9 Å². The van der Waals surface area contributed by atoms with E-state index < -0.39 is 17.6 Å². The fourth-order valence-electron chi connectivity index (χ4n) is 2.75. The van der Waals surface area contributed by atoms with Crippen molar-refractivity contribution in [2.24, 2.45) is 0 Å². The normalized spacial score (nSPS) is 12.0. The molecule has 0 radical (unpaired) electrons. The lowest BCUT2D eigenvalue weighted by Crippen LogP contribution is -2.18. The van der Waals surface area contributed by atoms with Gasteiger partial charge in [-0.25, -0.2) is 9.37 Å². The zero-order chi connectivity index (χ0) is 19.6. The molecule has 0 spiro atoms. The minimum Gasteiger partial charge on any atom is -0.441 e. The highest BCUT2D eigenvalue weighted by Crippen LogP contribution is 2.29. The van der Waals surface area contributed by atoms with E-state index >= 15 is 0 Å². The van der Waals surface area contributed by atoms with Gasteiger partial charge in [0, 0.05) is 13.1 Å². The molecule has 0 saturated heterocycles. The Hall–Kier alpha value is -2.67. The van der Waals surface area contributed by atoms with Gasteiger partial charge in [0.2, 0.25) is 5.89 Å². The number of halogens is 4. The molecule has 0 N–H and O–H groups in total. The van der Waals surface area contributed by atoms with Gasteiger partial charge in [-0.3, -0.25) is 4.90 Å². The van der Waals surface area contributed by atoms with Crippen molar-refractivity contribution in [3.63, 3.8) is 0 Å². The third kappa shape index (κ3) is 4.54. The molecule has 3 nitrogen and oxygen atoms in total. The molecule has 1 aromatic heterocycles. The van der Waals surface area contributed by atoms with Crippen LogP contribution in [-0.4, -0.2) is 16.9 Å². The largest absolute Gasteiger partial charge is 0.441 e. The zero-order valence-corrected chi connectivity index (χ0v) is 14.8. The lowest BCUT2D eigenvalue weighted by atomic mass is 10.1. The van der Waals surface area contributed by atoms with Crippen LogP contribution in [0.2, 0.25) is 0 Å². The Balaban J connectivity index is 1.69. The quantitative estimate of drug-likeness (QED) is 0.554. The Morgan fingerprint density at radius 1 is 1.00 bits per heavy atom. The van der Waals surface area contributed by atoms with E-state index in [4.69, 9.17) is 4.42 Å². The summed E-state index contributed by atoms with van der Waals surface area (Å²) in [4.78, 5) is 6.27. The third-order valence-electron chi connectivity index (χ3n) is 4.15. The van der Waals surface area contributed by atoms with Crippen LogP contribution in [0.1, 0.15) is 22.6 Å². The molecule has 2 aromatic carbocycles. The van der Waals surface area contributed by atoms with Crippen molar-refractivity contribution in [3.8, 4) is 11.5 Å². The summed E-state index contributed by atoms with van der Waals surface area (Å²) in [5.74, 6) is 0.375. The maximum Gasteiger partial charge on any atom is 0.416 e. The Morgan fingerprint density at radius 2 is 1.67 bits per heavy atom. The molecule has 0 amide bonds. The van der Waals surface area contributed by atoms with E-state index in [-0.39, 0.29) is 11.5 Å². The van der Waals surface area contributed by atoms with Gasteiger partial charge in [0.05, 0.1) is 16.8 Å². The molecule has 0 saturated carbocycles. The van der Waals surface area contributed by atoms with Crippen molar-refractivity contribution in [1.82, 2.24) is 9.88 Å². The minimum atomic E-state index is -4.34. The van der Waals surface area contributed by atoms with Crippen LogP contribution in [0, 0.1) is 12.7 Å². The van der Waals surface area contributed by atoms with E-state index in [9.17, 15) is 17.6 Å². The zero-order valence-electron chi connectivity index (χ0n) is 14.8. The molecule has 0 fully saturated rings. The fraction of sp³-hybridized carbons (Fsp3) is 0.250. The average molecular weight is 378 g/mol. The minimum absolute atomic E-state index is 0.212. The highest BCUT2D eigenvalue weighted by atomic mass is 19.4. The molecule has 1 heterocycles. The number of alkyl halides is 3. The van der Waals surface area contributed by atoms with Crippen LogP contribution >= 0.6 is 0 Å². The van der Waals surface area contributed by atoms with Gasteiger partial charge < -0.3 is 4.42 Å². The first-order valence-electron chi connectivity index (χ1n) is 8.30. The Labute approximate surface area is 154 Å². The molecule has 0 aliphatic heterocycles. The summed E-state index contributed by atoms with van der Waals surface area (Å²) in [6.45, 7) is 2.61. The Kier molecular flexibility index (Phi) is 5.32. The van der Waals surface area contributed by atoms with Crippen LogP contribution in [0.3, 0.4) is 0 Å². The standard InChI is InChI=1S/C20H18F4N2O/c1-13-18(25-19(27-13)16-5-3-4-6-17(16)21)12-26(2)11-14-7-9-15(10-8-14)20(22,23)24/h3-10H,11-12H2,1-2H3. The van der Waals surface area contributed by atoms with E-state index in [0.29, 0.717) is 24.5 Å². The lowest BCUT2D eigenvalue weighted by molar-refractivity contribution is -0.137. The van der Waals surface area contributed by atoms with Crippen molar-refractivity contribution in [3.05, 3.63) is 76.9 Å². The van der Waals surface area contributed by atoms with Gasteiger partial charge in [-0.05, 0) is 43.8 Å². The molecule has 0 bridgehead atoms. The van der Waals surface area contributed by atoms with Crippen LogP contribution in [0.25, 0.3) is 11.5 Å². The summed E-state index contributed by atoms with van der Waals surface area (Å²) in [5, 5.41) is 0. The second-order valence-electron chi connectivity index (χ2n) is 6.37. The van der Waals surface area contributed by atoms with Crippen LogP contribution in [0.5, 0.6) is 0 Å². The van der Waals surface area contributed by atoms with Gasteiger partial charge in [-0.2, -0.15) is 13.2 Å². The molecule has 27 heavy (non-hydrogen) atoms. The first kappa shape index (κ1) is 19.1. The summed E-state index contributed by atoms with van der Waals surface area (Å²) >= 11 is 0. The topological polar surface area (TPSA) is 29.3 Å². The molecular weight excluding hydrogens is 360 g/mol. The second-order valence-corrected chi connectivity index (χ2v) is 6.37. The summed E-state index contributed by atoms with van der Waals surface area (Å²) in [5.41, 5.74) is 1.02. The molecule has 142 valence electrons. The van der Waals surface area contributed by atoms with Gasteiger partial charge in [0.25, 0.3) is 0 Å². The van der Waals surface area contributed by atoms with Crippen LogP contribution in [-0.2, 0) is 19.3 Å². The highest BCUT2D eigenvalue weighted by Gasteiger charge is 2.29. The molecule has 0 aliphatic rings. The molecule has 0 aliphatic carbocycles. The lowest BCUT2D eigenvalue weighted by Gasteiger charge is -2.16. The molecule has 0 unspecified atom stereocenters. The van der Waals surface area contributed by atoms with Crippen molar-refractivity contribution >= 4 is 0 Å². The van der Waals surface area contributed by atoms with Crippen LogP contribution in [0.4, 0.5) is 17.6 Å². The van der Waals surface area contributed by atoms with E-state index in [1.807, 2.05) is 11.9 Å². The van der Waals surface area contributed by atoms with Crippen LogP contribution < -0.4 is 0 Å². The molecular formula is C20H18F4N2O. The highest BCUT2D eigenvalue weighted by molar-refractivity contribution is 5.54. The maximum atomic E-state index is 13.9. The summed E-state index contributed by atoms with van der Waals surface area (Å²) in [6, 6.07) is 11.3. The summed E-state index contributed by atoms with van der Waals surface area (Å²) in [7, 11) is 1.83. The van der Waals surface area contributed by atoms with Crippen molar-refractivity contribution in [2.75, 3.05) is 7.05 Å². The maximum absolute atomic E-state index is 13.9.